The lowest BCUT2D eigenvalue weighted by atomic mass is 9.87. The normalized spacial score (nSPS) is 11.9. The van der Waals surface area contributed by atoms with Crippen LogP contribution in [0.25, 0.3) is 5.57 Å². The van der Waals surface area contributed by atoms with Gasteiger partial charge in [-0.25, -0.2) is 13.2 Å². The summed E-state index contributed by atoms with van der Waals surface area (Å²) in [5.41, 5.74) is 3.91. The fourth-order valence-electron chi connectivity index (χ4n) is 4.14. The first kappa shape index (κ1) is 26.1. The molecule has 0 amide bonds. The fourth-order valence-corrected chi connectivity index (χ4v) is 5.33. The number of benzene rings is 4. The first-order valence-electron chi connectivity index (χ1n) is 12.1. The number of carbonyl (C=O) groups is 1. The molecule has 0 bridgehead atoms. The van der Waals surface area contributed by atoms with Crippen LogP contribution in [0.3, 0.4) is 0 Å². The summed E-state index contributed by atoms with van der Waals surface area (Å²) in [6.07, 6.45) is 0. The number of carbonyl (C=O) groups excluding carboxylic acids is 1. The zero-order chi connectivity index (χ0) is 26.3. The minimum Gasteiger partial charge on any atom is -0.463 e. The van der Waals surface area contributed by atoms with Gasteiger partial charge in [0.1, 0.15) is 0 Å². The molecule has 5 nitrogen and oxygen atoms in total. The average molecular weight is 512 g/mol. The number of hydrogen-bond donors (Lipinski definition) is 1. The van der Waals surface area contributed by atoms with Crippen LogP contribution >= 0.6 is 0 Å². The average Bonchev–Trinajstić information content (AvgIpc) is 2.92. The predicted molar refractivity (Wildman–Crippen MR) is 146 cm³/mol. The second kappa shape index (κ2) is 11.8. The van der Waals surface area contributed by atoms with Crippen LogP contribution in [-0.2, 0) is 19.6 Å². The van der Waals surface area contributed by atoms with E-state index in [0.29, 0.717) is 11.1 Å². The number of nitrogens with one attached hydrogen (secondary N) is 1. The molecule has 0 aliphatic rings. The highest BCUT2D eigenvalue weighted by atomic mass is 32.2. The lowest BCUT2D eigenvalue weighted by Crippen LogP contribution is -2.33. The van der Waals surface area contributed by atoms with E-state index in [9.17, 15) is 13.2 Å². The van der Waals surface area contributed by atoms with Crippen molar-refractivity contribution in [2.45, 2.75) is 24.8 Å². The Hall–Kier alpha value is -4.00. The van der Waals surface area contributed by atoms with E-state index < -0.39 is 22.0 Å². The smallest absolute Gasteiger partial charge is 0.336 e. The molecule has 0 aliphatic carbocycles. The van der Waals surface area contributed by atoms with Gasteiger partial charge in [-0.1, -0.05) is 109 Å². The third-order valence-electron chi connectivity index (χ3n) is 5.92. The zero-order valence-electron chi connectivity index (χ0n) is 20.8. The second-order valence-electron chi connectivity index (χ2n) is 8.52. The molecule has 0 saturated heterocycles. The molecular weight excluding hydrogens is 482 g/mol. The number of ether oxygens (including phenoxy) is 1. The summed E-state index contributed by atoms with van der Waals surface area (Å²) in [5.74, 6) is -0.592. The van der Waals surface area contributed by atoms with E-state index in [2.05, 4.69) is 4.72 Å². The highest BCUT2D eigenvalue weighted by Crippen LogP contribution is 2.36. The lowest BCUT2D eigenvalue weighted by molar-refractivity contribution is -0.138. The molecule has 37 heavy (non-hydrogen) atoms. The summed E-state index contributed by atoms with van der Waals surface area (Å²) in [6, 6.07) is 33.6. The molecule has 6 heteroatoms. The van der Waals surface area contributed by atoms with Crippen LogP contribution < -0.4 is 4.72 Å². The van der Waals surface area contributed by atoms with Gasteiger partial charge < -0.3 is 4.74 Å². The maximum Gasteiger partial charge on any atom is 0.336 e. The Balaban J connectivity index is 2.01. The molecule has 0 radical (unpaired) electrons. The van der Waals surface area contributed by atoms with Crippen molar-refractivity contribution in [3.8, 4) is 0 Å². The number of rotatable bonds is 9. The molecule has 188 valence electrons. The van der Waals surface area contributed by atoms with Gasteiger partial charge in [-0.15, -0.1) is 0 Å². The Kier molecular flexibility index (Phi) is 8.33. The lowest BCUT2D eigenvalue weighted by Gasteiger charge is -2.25. The second-order valence-corrected chi connectivity index (χ2v) is 10.2. The third-order valence-corrected chi connectivity index (χ3v) is 7.35. The Morgan fingerprint density at radius 3 is 1.73 bits per heavy atom. The van der Waals surface area contributed by atoms with Crippen molar-refractivity contribution in [1.29, 1.82) is 0 Å². The monoisotopic (exact) mass is 511 g/mol. The van der Waals surface area contributed by atoms with Crippen molar-refractivity contribution in [3.05, 3.63) is 143 Å². The van der Waals surface area contributed by atoms with E-state index in [0.717, 1.165) is 16.7 Å². The van der Waals surface area contributed by atoms with Gasteiger partial charge >= 0.3 is 5.97 Å². The zero-order valence-corrected chi connectivity index (χ0v) is 21.6. The molecule has 0 spiro atoms. The number of sulfonamides is 1. The van der Waals surface area contributed by atoms with Crippen LogP contribution in [0, 0.1) is 6.92 Å². The minimum atomic E-state index is -4.01. The van der Waals surface area contributed by atoms with Crippen LogP contribution in [0.4, 0.5) is 0 Å². The number of aryl methyl sites for hydroxylation is 1. The highest BCUT2D eigenvalue weighted by molar-refractivity contribution is 7.89. The molecule has 0 aliphatic heterocycles. The van der Waals surface area contributed by atoms with Gasteiger partial charge in [0.2, 0.25) is 10.0 Å². The Morgan fingerprint density at radius 2 is 1.24 bits per heavy atom. The molecule has 1 atom stereocenters. The number of esters is 1. The van der Waals surface area contributed by atoms with Crippen LogP contribution in [-0.4, -0.2) is 21.0 Å². The maximum atomic E-state index is 13.7. The molecule has 0 fully saturated rings. The van der Waals surface area contributed by atoms with Gasteiger partial charge in [-0.3, -0.25) is 0 Å². The molecule has 0 saturated carbocycles. The van der Waals surface area contributed by atoms with E-state index in [1.807, 2.05) is 85.8 Å². The molecule has 4 aromatic rings. The van der Waals surface area contributed by atoms with Crippen molar-refractivity contribution >= 4 is 21.6 Å². The van der Waals surface area contributed by atoms with Crippen LogP contribution in [0.15, 0.2) is 126 Å². The summed E-state index contributed by atoms with van der Waals surface area (Å²) >= 11 is 0. The van der Waals surface area contributed by atoms with E-state index in [1.165, 1.54) is 0 Å². The summed E-state index contributed by atoms with van der Waals surface area (Å²) in [4.78, 5) is 13.8. The largest absolute Gasteiger partial charge is 0.463 e. The van der Waals surface area contributed by atoms with Crippen molar-refractivity contribution in [1.82, 2.24) is 4.72 Å². The molecule has 1 N–H and O–H groups in total. The molecule has 0 heterocycles. The van der Waals surface area contributed by atoms with Crippen LogP contribution in [0.1, 0.15) is 35.2 Å². The standard InChI is InChI=1S/C31H29NO4S/c1-3-36-31(33)29(28(24-13-7-4-8-14-24)25-15-9-5-10-16-25)30(26-17-11-6-12-18-26)32-37(34,35)27-21-19-23(2)20-22-27/h4-22,30,32H,3H2,1-2H3. The maximum absolute atomic E-state index is 13.7. The van der Waals surface area contributed by atoms with E-state index in [4.69, 9.17) is 4.74 Å². The Labute approximate surface area is 218 Å². The first-order chi connectivity index (χ1) is 17.9. The van der Waals surface area contributed by atoms with Crippen molar-refractivity contribution < 1.29 is 17.9 Å². The first-order valence-corrected chi connectivity index (χ1v) is 13.5. The summed E-state index contributed by atoms with van der Waals surface area (Å²) in [6.45, 7) is 3.77. The van der Waals surface area contributed by atoms with Crippen LogP contribution in [0.2, 0.25) is 0 Å². The summed E-state index contributed by atoms with van der Waals surface area (Å²) in [7, 11) is -4.01. The fraction of sp³-hybridized carbons (Fsp3) is 0.129. The summed E-state index contributed by atoms with van der Waals surface area (Å²) < 4.78 is 35.6. The Bertz CT molecular complexity index is 1420. The van der Waals surface area contributed by atoms with E-state index >= 15 is 0 Å². The minimum absolute atomic E-state index is 0.114. The Morgan fingerprint density at radius 1 is 0.757 bits per heavy atom. The van der Waals surface area contributed by atoms with Gasteiger partial charge in [0.15, 0.2) is 0 Å². The third kappa shape index (κ3) is 6.23. The van der Waals surface area contributed by atoms with Crippen molar-refractivity contribution in [2.24, 2.45) is 0 Å². The molecule has 4 aromatic carbocycles. The predicted octanol–water partition coefficient (Wildman–Crippen LogP) is 6.08. The molecule has 0 aromatic heterocycles. The molecule has 4 rings (SSSR count). The molecular formula is C31H29NO4S. The van der Waals surface area contributed by atoms with E-state index in [-0.39, 0.29) is 17.1 Å². The van der Waals surface area contributed by atoms with E-state index in [1.54, 1.807) is 43.3 Å². The topological polar surface area (TPSA) is 72.5 Å². The van der Waals surface area contributed by atoms with Gasteiger partial charge in [0.05, 0.1) is 23.1 Å². The highest BCUT2D eigenvalue weighted by Gasteiger charge is 2.32. The number of hydrogen-bond acceptors (Lipinski definition) is 4. The van der Waals surface area contributed by atoms with Gasteiger partial charge in [-0.2, -0.15) is 4.72 Å². The van der Waals surface area contributed by atoms with Gasteiger partial charge in [0.25, 0.3) is 0 Å². The van der Waals surface area contributed by atoms with Crippen LogP contribution in [0.5, 0.6) is 0 Å². The van der Waals surface area contributed by atoms with Gasteiger partial charge in [-0.05, 0) is 42.7 Å². The van der Waals surface area contributed by atoms with Crippen molar-refractivity contribution in [2.75, 3.05) is 6.61 Å². The van der Waals surface area contributed by atoms with Gasteiger partial charge in [0, 0.05) is 5.57 Å². The summed E-state index contributed by atoms with van der Waals surface area (Å²) in [5, 5.41) is 0. The quantitative estimate of drug-likeness (QED) is 0.218. The van der Waals surface area contributed by atoms with Crippen molar-refractivity contribution in [3.63, 3.8) is 0 Å². The molecule has 1 unspecified atom stereocenters. The SMILES string of the molecule is CCOC(=O)C(=C(c1ccccc1)c1ccccc1)C(NS(=O)(=O)c1ccc(C)cc1)c1ccccc1.